The van der Waals surface area contributed by atoms with Crippen LogP contribution in [0.2, 0.25) is 5.02 Å². The SMILES string of the molecule is Clc1cccc(-c2nc(-c3ccccc3)nc(-c3ccc(-c4ccccc4)cc3-c3ccccc3)n2)c1. The Morgan fingerprint density at radius 1 is 0.351 bits per heavy atom. The van der Waals surface area contributed by atoms with E-state index in [2.05, 4.69) is 66.7 Å². The van der Waals surface area contributed by atoms with E-state index in [9.17, 15) is 0 Å². The molecule has 0 amide bonds. The third-order valence-electron chi connectivity index (χ3n) is 6.20. The van der Waals surface area contributed by atoms with Crippen LogP contribution in [0.1, 0.15) is 0 Å². The largest absolute Gasteiger partial charge is 0.208 e. The first kappa shape index (κ1) is 22.8. The van der Waals surface area contributed by atoms with Crippen LogP contribution < -0.4 is 0 Å². The normalized spacial score (nSPS) is 10.8. The second kappa shape index (κ2) is 10.2. The summed E-state index contributed by atoms with van der Waals surface area (Å²) in [6, 6.07) is 44.8. The third-order valence-corrected chi connectivity index (χ3v) is 6.44. The van der Waals surface area contributed by atoms with Crippen molar-refractivity contribution in [2.75, 3.05) is 0 Å². The smallest absolute Gasteiger partial charge is 0.164 e. The van der Waals surface area contributed by atoms with Gasteiger partial charge in [-0.2, -0.15) is 0 Å². The van der Waals surface area contributed by atoms with E-state index in [0.29, 0.717) is 22.5 Å². The van der Waals surface area contributed by atoms with E-state index in [0.717, 1.165) is 38.9 Å². The van der Waals surface area contributed by atoms with Gasteiger partial charge in [0.25, 0.3) is 0 Å². The maximum atomic E-state index is 6.32. The Bertz CT molecular complexity index is 1670. The first-order chi connectivity index (χ1) is 18.2. The lowest BCUT2D eigenvalue weighted by molar-refractivity contribution is 1.07. The maximum Gasteiger partial charge on any atom is 0.164 e. The minimum atomic E-state index is 0.581. The molecule has 0 atom stereocenters. The molecule has 176 valence electrons. The van der Waals surface area contributed by atoms with E-state index >= 15 is 0 Å². The minimum Gasteiger partial charge on any atom is -0.208 e. The quantitative estimate of drug-likeness (QED) is 0.240. The molecule has 6 rings (SSSR count). The van der Waals surface area contributed by atoms with Crippen LogP contribution in [0, 0.1) is 0 Å². The van der Waals surface area contributed by atoms with Gasteiger partial charge in [-0.3, -0.25) is 0 Å². The van der Waals surface area contributed by atoms with Crippen molar-refractivity contribution in [3.63, 3.8) is 0 Å². The Hall–Kier alpha value is -4.60. The van der Waals surface area contributed by atoms with Crippen LogP contribution in [0.3, 0.4) is 0 Å². The molecular formula is C33H22ClN3. The fraction of sp³-hybridized carbons (Fsp3) is 0. The summed E-state index contributed by atoms with van der Waals surface area (Å²) in [6.45, 7) is 0. The van der Waals surface area contributed by atoms with E-state index in [1.54, 1.807) is 0 Å². The van der Waals surface area contributed by atoms with Gasteiger partial charge >= 0.3 is 0 Å². The summed E-state index contributed by atoms with van der Waals surface area (Å²) >= 11 is 6.32. The van der Waals surface area contributed by atoms with E-state index in [-0.39, 0.29) is 0 Å². The van der Waals surface area contributed by atoms with E-state index < -0.39 is 0 Å². The van der Waals surface area contributed by atoms with Gasteiger partial charge in [-0.1, -0.05) is 121 Å². The standard InChI is InChI=1S/C33H22ClN3/c34-28-18-10-17-27(21-28)32-35-31(25-15-8-3-9-16-25)36-33(37-32)29-20-19-26(23-11-4-1-5-12-23)22-30(29)24-13-6-2-7-14-24/h1-22H. The molecule has 0 radical (unpaired) electrons. The van der Waals surface area contributed by atoms with Gasteiger partial charge in [-0.05, 0) is 46.5 Å². The highest BCUT2D eigenvalue weighted by Gasteiger charge is 2.16. The average Bonchev–Trinajstić information content (AvgIpc) is 2.98. The zero-order chi connectivity index (χ0) is 25.0. The van der Waals surface area contributed by atoms with E-state index in [1.807, 2.05) is 66.7 Å². The Morgan fingerprint density at radius 3 is 1.54 bits per heavy atom. The third kappa shape index (κ3) is 4.90. The van der Waals surface area contributed by atoms with Gasteiger partial charge in [0.1, 0.15) is 0 Å². The van der Waals surface area contributed by atoms with Crippen LogP contribution in [-0.2, 0) is 0 Å². The Balaban J connectivity index is 1.59. The molecule has 0 aliphatic rings. The molecule has 0 N–H and O–H groups in total. The fourth-order valence-corrected chi connectivity index (χ4v) is 4.57. The number of nitrogens with zero attached hydrogens (tertiary/aromatic N) is 3. The van der Waals surface area contributed by atoms with Crippen molar-refractivity contribution in [2.45, 2.75) is 0 Å². The van der Waals surface area contributed by atoms with Crippen LogP contribution >= 0.6 is 11.6 Å². The minimum absolute atomic E-state index is 0.581. The molecule has 1 heterocycles. The molecule has 3 nitrogen and oxygen atoms in total. The van der Waals surface area contributed by atoms with Gasteiger partial charge < -0.3 is 0 Å². The molecule has 0 unspecified atom stereocenters. The molecule has 0 spiro atoms. The number of halogens is 1. The Kier molecular flexibility index (Phi) is 6.28. The second-order valence-corrected chi connectivity index (χ2v) is 9.11. The molecule has 4 heteroatoms. The van der Waals surface area contributed by atoms with Crippen molar-refractivity contribution in [1.29, 1.82) is 0 Å². The molecule has 5 aromatic carbocycles. The summed E-state index contributed by atoms with van der Waals surface area (Å²) in [5.74, 6) is 1.81. The number of hydrogen-bond acceptors (Lipinski definition) is 3. The predicted octanol–water partition coefficient (Wildman–Crippen LogP) is 8.86. The lowest BCUT2D eigenvalue weighted by Crippen LogP contribution is -2.01. The summed E-state index contributed by atoms with van der Waals surface area (Å²) < 4.78 is 0. The van der Waals surface area contributed by atoms with Gasteiger partial charge in [-0.25, -0.2) is 15.0 Å². The molecule has 6 aromatic rings. The lowest BCUT2D eigenvalue weighted by Gasteiger charge is -2.14. The second-order valence-electron chi connectivity index (χ2n) is 8.68. The van der Waals surface area contributed by atoms with Gasteiger partial charge in [0.05, 0.1) is 0 Å². The van der Waals surface area contributed by atoms with Crippen molar-refractivity contribution in [2.24, 2.45) is 0 Å². The number of hydrogen-bond donors (Lipinski definition) is 0. The highest BCUT2D eigenvalue weighted by atomic mass is 35.5. The van der Waals surface area contributed by atoms with Crippen molar-refractivity contribution in [1.82, 2.24) is 15.0 Å². The summed E-state index contributed by atoms with van der Waals surface area (Å²) in [4.78, 5) is 14.7. The molecule has 0 aliphatic heterocycles. The topological polar surface area (TPSA) is 38.7 Å². The maximum absolute atomic E-state index is 6.32. The van der Waals surface area contributed by atoms with E-state index in [4.69, 9.17) is 26.6 Å². The van der Waals surface area contributed by atoms with Crippen molar-refractivity contribution in [3.05, 3.63) is 138 Å². The average molecular weight is 496 g/mol. The van der Waals surface area contributed by atoms with Crippen LogP contribution in [-0.4, -0.2) is 15.0 Å². The zero-order valence-corrected chi connectivity index (χ0v) is 20.7. The molecule has 0 saturated carbocycles. The van der Waals surface area contributed by atoms with Gasteiger partial charge in [0, 0.05) is 21.7 Å². The molecule has 0 aliphatic carbocycles. The Labute approximate surface area is 221 Å². The zero-order valence-electron chi connectivity index (χ0n) is 19.9. The van der Waals surface area contributed by atoms with E-state index in [1.165, 1.54) is 0 Å². The number of rotatable bonds is 5. The highest BCUT2D eigenvalue weighted by molar-refractivity contribution is 6.30. The molecule has 0 fully saturated rings. The monoisotopic (exact) mass is 495 g/mol. The van der Waals surface area contributed by atoms with Crippen LogP contribution in [0.25, 0.3) is 56.4 Å². The summed E-state index contributed by atoms with van der Waals surface area (Å²) in [5.41, 5.74) is 7.16. The van der Waals surface area contributed by atoms with Crippen LogP contribution in [0.5, 0.6) is 0 Å². The molecule has 1 aromatic heterocycles. The first-order valence-electron chi connectivity index (χ1n) is 12.1. The summed E-state index contributed by atoms with van der Waals surface area (Å²) in [5, 5.41) is 0.637. The molecule has 0 bridgehead atoms. The van der Waals surface area contributed by atoms with Crippen LogP contribution in [0.15, 0.2) is 133 Å². The van der Waals surface area contributed by atoms with Crippen LogP contribution in [0.4, 0.5) is 0 Å². The van der Waals surface area contributed by atoms with Crippen molar-refractivity contribution < 1.29 is 0 Å². The van der Waals surface area contributed by atoms with Crippen molar-refractivity contribution >= 4 is 11.6 Å². The summed E-state index contributed by atoms with van der Waals surface area (Å²) in [7, 11) is 0. The fourth-order valence-electron chi connectivity index (χ4n) is 4.38. The predicted molar refractivity (Wildman–Crippen MR) is 152 cm³/mol. The first-order valence-corrected chi connectivity index (χ1v) is 12.5. The summed E-state index contributed by atoms with van der Waals surface area (Å²) in [6.07, 6.45) is 0. The molecule has 0 saturated heterocycles. The lowest BCUT2D eigenvalue weighted by atomic mass is 9.94. The van der Waals surface area contributed by atoms with Gasteiger partial charge in [0.2, 0.25) is 0 Å². The van der Waals surface area contributed by atoms with Gasteiger partial charge in [-0.15, -0.1) is 0 Å². The Morgan fingerprint density at radius 2 is 0.892 bits per heavy atom. The number of benzene rings is 5. The number of aromatic nitrogens is 3. The van der Waals surface area contributed by atoms with Gasteiger partial charge in [0.15, 0.2) is 17.5 Å². The molecular weight excluding hydrogens is 474 g/mol. The highest BCUT2D eigenvalue weighted by Crippen LogP contribution is 2.36. The van der Waals surface area contributed by atoms with Crippen molar-refractivity contribution in [3.8, 4) is 56.4 Å². The molecule has 37 heavy (non-hydrogen) atoms.